The van der Waals surface area contributed by atoms with Crippen molar-refractivity contribution in [2.45, 2.75) is 58.9 Å². The van der Waals surface area contributed by atoms with Crippen LogP contribution in [-0.4, -0.2) is 29.1 Å². The quantitative estimate of drug-likeness (QED) is 0.724. The van der Waals surface area contributed by atoms with Gasteiger partial charge in [0.1, 0.15) is 0 Å². The van der Waals surface area contributed by atoms with E-state index in [-0.39, 0.29) is 24.8 Å². The Kier molecular flexibility index (Phi) is 6.65. The van der Waals surface area contributed by atoms with Gasteiger partial charge in [-0.3, -0.25) is 14.9 Å². The minimum Gasteiger partial charge on any atom is -0.481 e. The lowest BCUT2D eigenvalue weighted by atomic mass is 9.80. The molecule has 0 aromatic carbocycles. The highest BCUT2D eigenvalue weighted by molar-refractivity contribution is 5.94. The number of carboxylic acids is 1. The zero-order chi connectivity index (χ0) is 16.0. The Morgan fingerprint density at radius 1 is 1.19 bits per heavy atom. The number of urea groups is 1. The average Bonchev–Trinajstić information content (AvgIpc) is 2.31. The zero-order valence-electron chi connectivity index (χ0n) is 13.0. The van der Waals surface area contributed by atoms with E-state index < -0.39 is 17.9 Å². The summed E-state index contributed by atoms with van der Waals surface area (Å²) >= 11 is 0. The summed E-state index contributed by atoms with van der Waals surface area (Å²) in [6.07, 6.45) is 3.05. The molecule has 1 fully saturated rings. The van der Waals surface area contributed by atoms with Crippen LogP contribution >= 0.6 is 0 Å². The maximum absolute atomic E-state index is 11.8. The van der Waals surface area contributed by atoms with Crippen LogP contribution in [0.2, 0.25) is 0 Å². The molecule has 0 saturated heterocycles. The second-order valence-electron chi connectivity index (χ2n) is 6.43. The van der Waals surface area contributed by atoms with Gasteiger partial charge in [-0.05, 0) is 37.0 Å². The molecule has 4 unspecified atom stereocenters. The topological polar surface area (TPSA) is 95.5 Å². The summed E-state index contributed by atoms with van der Waals surface area (Å²) in [6.45, 7) is 5.99. The van der Waals surface area contributed by atoms with Gasteiger partial charge in [0.2, 0.25) is 5.91 Å². The van der Waals surface area contributed by atoms with Crippen molar-refractivity contribution in [2.75, 3.05) is 0 Å². The molecule has 0 radical (unpaired) electrons. The van der Waals surface area contributed by atoms with Gasteiger partial charge < -0.3 is 10.4 Å². The number of carbonyl (C=O) groups is 3. The number of carboxylic acid groups (broad SMARTS) is 1. The summed E-state index contributed by atoms with van der Waals surface area (Å²) in [7, 11) is 0. The predicted octanol–water partition coefficient (Wildman–Crippen LogP) is 2.14. The molecule has 1 saturated carbocycles. The SMILES string of the molecule is CC(CC(=O)O)CC(=O)NC(=O)NC1CCC(C)CC1C. The van der Waals surface area contributed by atoms with E-state index in [0.29, 0.717) is 11.8 Å². The van der Waals surface area contributed by atoms with Crippen molar-refractivity contribution < 1.29 is 19.5 Å². The Bertz CT molecular complexity index is 397. The van der Waals surface area contributed by atoms with Gasteiger partial charge in [-0.1, -0.05) is 20.8 Å². The van der Waals surface area contributed by atoms with Gasteiger partial charge in [0.25, 0.3) is 0 Å². The highest BCUT2D eigenvalue weighted by atomic mass is 16.4. The second kappa shape index (κ2) is 8.00. The molecule has 0 heterocycles. The molecule has 6 nitrogen and oxygen atoms in total. The van der Waals surface area contributed by atoms with E-state index in [0.717, 1.165) is 19.3 Å². The largest absolute Gasteiger partial charge is 0.481 e. The van der Waals surface area contributed by atoms with Crippen molar-refractivity contribution >= 4 is 17.9 Å². The summed E-state index contributed by atoms with van der Waals surface area (Å²) < 4.78 is 0. The molecule has 1 aliphatic carbocycles. The van der Waals surface area contributed by atoms with Crippen molar-refractivity contribution in [3.63, 3.8) is 0 Å². The van der Waals surface area contributed by atoms with Crippen LogP contribution in [0.1, 0.15) is 52.9 Å². The van der Waals surface area contributed by atoms with Crippen LogP contribution in [0.15, 0.2) is 0 Å². The van der Waals surface area contributed by atoms with Gasteiger partial charge in [-0.25, -0.2) is 4.79 Å². The normalized spacial score (nSPS) is 26.7. The molecule has 0 aromatic heterocycles. The van der Waals surface area contributed by atoms with Crippen LogP contribution in [0.5, 0.6) is 0 Å². The van der Waals surface area contributed by atoms with E-state index >= 15 is 0 Å². The first-order valence-electron chi connectivity index (χ1n) is 7.60. The Morgan fingerprint density at radius 2 is 1.86 bits per heavy atom. The van der Waals surface area contributed by atoms with Crippen LogP contribution in [0.3, 0.4) is 0 Å². The first kappa shape index (κ1) is 17.5. The molecule has 120 valence electrons. The molecule has 4 atom stereocenters. The third kappa shape index (κ3) is 6.60. The van der Waals surface area contributed by atoms with Crippen LogP contribution < -0.4 is 10.6 Å². The molecule has 6 heteroatoms. The van der Waals surface area contributed by atoms with Gasteiger partial charge in [0, 0.05) is 18.9 Å². The number of hydrogen-bond acceptors (Lipinski definition) is 3. The third-order valence-electron chi connectivity index (χ3n) is 4.06. The lowest BCUT2D eigenvalue weighted by Crippen LogP contribution is -2.48. The number of hydrogen-bond donors (Lipinski definition) is 3. The first-order chi connectivity index (χ1) is 9.77. The summed E-state index contributed by atoms with van der Waals surface area (Å²) in [5, 5.41) is 13.8. The van der Waals surface area contributed by atoms with Gasteiger partial charge >= 0.3 is 12.0 Å². The number of aliphatic carboxylic acids is 1. The second-order valence-corrected chi connectivity index (χ2v) is 6.43. The summed E-state index contributed by atoms with van der Waals surface area (Å²) in [5.74, 6) is -0.576. The molecule has 0 bridgehead atoms. The number of imide groups is 1. The molecule has 3 amide bonds. The van der Waals surface area contributed by atoms with Crippen molar-refractivity contribution in [2.24, 2.45) is 17.8 Å². The van der Waals surface area contributed by atoms with E-state index in [1.165, 1.54) is 0 Å². The molecular weight excluding hydrogens is 272 g/mol. The molecule has 0 aromatic rings. The van der Waals surface area contributed by atoms with Crippen LogP contribution in [-0.2, 0) is 9.59 Å². The number of rotatable bonds is 5. The standard InChI is InChI=1S/C15H26N2O4/c1-9-4-5-12(11(3)6-9)16-15(21)17-13(18)7-10(2)8-14(19)20/h9-12H,4-8H2,1-3H3,(H,19,20)(H2,16,17,18,21). The number of nitrogens with one attached hydrogen (secondary N) is 2. The number of amides is 3. The van der Waals surface area contributed by atoms with E-state index in [2.05, 4.69) is 24.5 Å². The van der Waals surface area contributed by atoms with Gasteiger partial charge in [0.05, 0.1) is 0 Å². The maximum atomic E-state index is 11.8. The van der Waals surface area contributed by atoms with E-state index in [4.69, 9.17) is 5.11 Å². The number of carbonyl (C=O) groups excluding carboxylic acids is 2. The molecule has 0 spiro atoms. The summed E-state index contributed by atoms with van der Waals surface area (Å²) in [4.78, 5) is 34.0. The average molecular weight is 298 g/mol. The predicted molar refractivity (Wildman–Crippen MR) is 78.7 cm³/mol. The monoisotopic (exact) mass is 298 g/mol. The van der Waals surface area contributed by atoms with Crippen LogP contribution in [0, 0.1) is 17.8 Å². The van der Waals surface area contributed by atoms with Crippen LogP contribution in [0.25, 0.3) is 0 Å². The fraction of sp³-hybridized carbons (Fsp3) is 0.800. The molecule has 21 heavy (non-hydrogen) atoms. The van der Waals surface area contributed by atoms with Gasteiger partial charge in [-0.2, -0.15) is 0 Å². The minimum atomic E-state index is -0.940. The Morgan fingerprint density at radius 3 is 2.43 bits per heavy atom. The lowest BCUT2D eigenvalue weighted by molar-refractivity contribution is -0.138. The highest BCUT2D eigenvalue weighted by Gasteiger charge is 2.27. The van der Waals surface area contributed by atoms with E-state index in [1.807, 2.05) is 0 Å². The molecule has 1 rings (SSSR count). The first-order valence-corrected chi connectivity index (χ1v) is 7.60. The molecule has 0 aliphatic heterocycles. The van der Waals surface area contributed by atoms with Crippen molar-refractivity contribution in [3.8, 4) is 0 Å². The highest BCUT2D eigenvalue weighted by Crippen LogP contribution is 2.28. The maximum Gasteiger partial charge on any atom is 0.321 e. The lowest BCUT2D eigenvalue weighted by Gasteiger charge is -2.33. The van der Waals surface area contributed by atoms with Crippen molar-refractivity contribution in [1.29, 1.82) is 0 Å². The summed E-state index contributed by atoms with van der Waals surface area (Å²) in [6, 6.07) is -0.376. The Labute approximate surface area is 125 Å². The van der Waals surface area contributed by atoms with E-state index in [9.17, 15) is 14.4 Å². The fourth-order valence-electron chi connectivity index (χ4n) is 2.95. The molecule has 3 N–H and O–H groups in total. The zero-order valence-corrected chi connectivity index (χ0v) is 13.0. The van der Waals surface area contributed by atoms with Gasteiger partial charge in [0.15, 0.2) is 0 Å². The smallest absolute Gasteiger partial charge is 0.321 e. The molecular formula is C15H26N2O4. The Balaban J connectivity index is 2.32. The van der Waals surface area contributed by atoms with Crippen molar-refractivity contribution in [1.82, 2.24) is 10.6 Å². The minimum absolute atomic E-state index is 0.0387. The van der Waals surface area contributed by atoms with Crippen LogP contribution in [0.4, 0.5) is 4.79 Å². The van der Waals surface area contributed by atoms with Crippen molar-refractivity contribution in [3.05, 3.63) is 0 Å². The van der Waals surface area contributed by atoms with Gasteiger partial charge in [-0.15, -0.1) is 0 Å². The Hall–Kier alpha value is -1.59. The van der Waals surface area contributed by atoms with E-state index in [1.54, 1.807) is 6.92 Å². The summed E-state index contributed by atoms with van der Waals surface area (Å²) in [5.41, 5.74) is 0. The fourth-order valence-corrected chi connectivity index (χ4v) is 2.95. The molecule has 1 aliphatic rings. The third-order valence-corrected chi connectivity index (χ3v) is 4.06.